The van der Waals surface area contributed by atoms with Crippen molar-refractivity contribution in [3.8, 4) is 11.5 Å². The lowest BCUT2D eigenvalue weighted by Gasteiger charge is -2.16. The minimum atomic E-state index is -0.303. The van der Waals surface area contributed by atoms with Crippen LogP contribution in [-0.2, 0) is 0 Å². The second-order valence-electron chi connectivity index (χ2n) is 5.62. The molecule has 2 rings (SSSR count). The van der Waals surface area contributed by atoms with Gasteiger partial charge >= 0.3 is 0 Å². The highest BCUT2D eigenvalue weighted by Gasteiger charge is 2.14. The number of carbonyl (C=O) groups excluding carboxylic acids is 2. The number of nitrogens with one attached hydrogen (secondary N) is 1. The minimum Gasteiger partial charge on any atom is -0.497 e. The van der Waals surface area contributed by atoms with E-state index in [1.54, 1.807) is 49.6 Å². The van der Waals surface area contributed by atoms with Gasteiger partial charge in [0.05, 0.1) is 18.9 Å². The summed E-state index contributed by atoms with van der Waals surface area (Å²) < 4.78 is 10.8. The first-order valence-electron chi connectivity index (χ1n) is 7.67. The zero-order valence-electron chi connectivity index (χ0n) is 14.3. The second-order valence-corrected chi connectivity index (χ2v) is 5.62. The smallest absolute Gasteiger partial charge is 0.255 e. The van der Waals surface area contributed by atoms with Gasteiger partial charge in [0.15, 0.2) is 5.78 Å². The van der Waals surface area contributed by atoms with Crippen molar-refractivity contribution in [1.29, 1.82) is 0 Å². The van der Waals surface area contributed by atoms with Gasteiger partial charge in [0.25, 0.3) is 5.91 Å². The molecule has 2 aromatic rings. The summed E-state index contributed by atoms with van der Waals surface area (Å²) in [5.74, 6) is 0.733. The van der Waals surface area contributed by atoms with Crippen molar-refractivity contribution >= 4 is 17.4 Å². The largest absolute Gasteiger partial charge is 0.497 e. The predicted octanol–water partition coefficient (Wildman–Crippen LogP) is 3.94. The number of amides is 1. The van der Waals surface area contributed by atoms with E-state index in [2.05, 4.69) is 5.32 Å². The number of Topliss-reactive ketones (excluding diaryl/α,β-unsaturated/α-hetero) is 1. The molecule has 126 valence electrons. The van der Waals surface area contributed by atoms with Crippen LogP contribution in [-0.4, -0.2) is 24.9 Å². The molecule has 0 atom stereocenters. The number of rotatable bonds is 6. The Bertz CT molecular complexity index is 753. The van der Waals surface area contributed by atoms with Crippen molar-refractivity contribution in [1.82, 2.24) is 0 Å². The van der Waals surface area contributed by atoms with Gasteiger partial charge in [-0.2, -0.15) is 0 Å². The Morgan fingerprint density at radius 2 is 1.79 bits per heavy atom. The number of carbonyl (C=O) groups is 2. The van der Waals surface area contributed by atoms with Crippen LogP contribution in [0.15, 0.2) is 42.5 Å². The van der Waals surface area contributed by atoms with Gasteiger partial charge in [-0.1, -0.05) is 6.07 Å². The van der Waals surface area contributed by atoms with Crippen LogP contribution in [0.5, 0.6) is 11.5 Å². The summed E-state index contributed by atoms with van der Waals surface area (Å²) in [5, 5.41) is 2.81. The highest BCUT2D eigenvalue weighted by atomic mass is 16.5. The average Bonchev–Trinajstić information content (AvgIpc) is 2.55. The molecule has 0 bridgehead atoms. The van der Waals surface area contributed by atoms with Crippen molar-refractivity contribution in [3.63, 3.8) is 0 Å². The van der Waals surface area contributed by atoms with Crippen LogP contribution in [0.3, 0.4) is 0 Å². The lowest BCUT2D eigenvalue weighted by Crippen LogP contribution is -2.15. The molecule has 0 saturated heterocycles. The number of methoxy groups -OCH3 is 1. The third kappa shape index (κ3) is 4.35. The fourth-order valence-electron chi connectivity index (χ4n) is 2.16. The molecule has 24 heavy (non-hydrogen) atoms. The van der Waals surface area contributed by atoms with Gasteiger partial charge in [-0.05, 0) is 57.2 Å². The number of hydrogen-bond donors (Lipinski definition) is 1. The van der Waals surface area contributed by atoms with Crippen molar-refractivity contribution in [2.45, 2.75) is 26.9 Å². The Balaban J connectivity index is 2.33. The first kappa shape index (κ1) is 17.5. The quantitative estimate of drug-likeness (QED) is 0.816. The monoisotopic (exact) mass is 327 g/mol. The van der Waals surface area contributed by atoms with E-state index in [0.29, 0.717) is 28.3 Å². The van der Waals surface area contributed by atoms with Crippen LogP contribution >= 0.6 is 0 Å². The predicted molar refractivity (Wildman–Crippen MR) is 93.2 cm³/mol. The highest BCUT2D eigenvalue weighted by Crippen LogP contribution is 2.28. The molecule has 0 spiro atoms. The van der Waals surface area contributed by atoms with Gasteiger partial charge < -0.3 is 14.8 Å². The summed E-state index contributed by atoms with van der Waals surface area (Å²) in [7, 11) is 1.54. The number of anilines is 1. The molecular formula is C19H21NO4. The van der Waals surface area contributed by atoms with Crippen molar-refractivity contribution < 1.29 is 19.1 Å². The summed E-state index contributed by atoms with van der Waals surface area (Å²) in [4.78, 5) is 24.1. The van der Waals surface area contributed by atoms with Crippen LogP contribution in [0.25, 0.3) is 0 Å². The second kappa shape index (κ2) is 7.64. The van der Waals surface area contributed by atoms with E-state index in [0.717, 1.165) is 0 Å². The summed E-state index contributed by atoms with van der Waals surface area (Å²) in [5.41, 5.74) is 1.43. The van der Waals surface area contributed by atoms with Gasteiger partial charge in [0.2, 0.25) is 0 Å². The molecule has 0 aliphatic carbocycles. The summed E-state index contributed by atoms with van der Waals surface area (Å²) in [6.07, 6.45) is -0.0550. The number of ketones is 1. The third-order valence-corrected chi connectivity index (χ3v) is 3.33. The Kier molecular flexibility index (Phi) is 5.58. The molecule has 1 N–H and O–H groups in total. The highest BCUT2D eigenvalue weighted by molar-refractivity contribution is 6.06. The topological polar surface area (TPSA) is 64.6 Å². The van der Waals surface area contributed by atoms with Crippen molar-refractivity contribution in [2.24, 2.45) is 0 Å². The maximum absolute atomic E-state index is 12.5. The molecule has 0 aliphatic heterocycles. The van der Waals surface area contributed by atoms with Crippen molar-refractivity contribution in [3.05, 3.63) is 53.6 Å². The zero-order valence-corrected chi connectivity index (χ0v) is 14.3. The molecule has 0 radical (unpaired) electrons. The zero-order chi connectivity index (χ0) is 17.7. The SMILES string of the molecule is COc1cccc(C(=O)Nc2cc(C(C)=O)ccc2OC(C)C)c1. The van der Waals surface area contributed by atoms with Gasteiger partial charge in [-0.15, -0.1) is 0 Å². The molecule has 5 nitrogen and oxygen atoms in total. The van der Waals surface area contributed by atoms with Crippen LogP contribution in [0.4, 0.5) is 5.69 Å². The van der Waals surface area contributed by atoms with E-state index in [-0.39, 0.29) is 17.8 Å². The Labute approximate surface area is 141 Å². The lowest BCUT2D eigenvalue weighted by atomic mass is 10.1. The Hall–Kier alpha value is -2.82. The molecule has 0 saturated carbocycles. The van der Waals surface area contributed by atoms with Gasteiger partial charge in [-0.3, -0.25) is 9.59 Å². The van der Waals surface area contributed by atoms with Gasteiger partial charge in [-0.25, -0.2) is 0 Å². The number of benzene rings is 2. The summed E-state index contributed by atoms with van der Waals surface area (Å²) >= 11 is 0. The fourth-order valence-corrected chi connectivity index (χ4v) is 2.16. The van der Waals surface area contributed by atoms with E-state index >= 15 is 0 Å². The number of ether oxygens (including phenoxy) is 2. The maximum atomic E-state index is 12.5. The van der Waals surface area contributed by atoms with E-state index in [1.807, 2.05) is 13.8 Å². The average molecular weight is 327 g/mol. The molecule has 1 amide bonds. The molecule has 0 heterocycles. The molecule has 0 fully saturated rings. The summed E-state index contributed by atoms with van der Waals surface area (Å²) in [6.45, 7) is 5.27. The standard InChI is InChI=1S/C19H21NO4/c1-12(2)24-18-9-8-14(13(3)21)11-17(18)20-19(22)15-6-5-7-16(10-15)23-4/h5-12H,1-4H3,(H,20,22). The lowest BCUT2D eigenvalue weighted by molar-refractivity contribution is 0.101. The molecular weight excluding hydrogens is 306 g/mol. The first-order valence-corrected chi connectivity index (χ1v) is 7.67. The maximum Gasteiger partial charge on any atom is 0.255 e. The van der Waals surface area contributed by atoms with Crippen LogP contribution < -0.4 is 14.8 Å². The molecule has 2 aromatic carbocycles. The Morgan fingerprint density at radius 1 is 1.04 bits per heavy atom. The van der Waals surface area contributed by atoms with Crippen LogP contribution in [0.2, 0.25) is 0 Å². The van der Waals surface area contributed by atoms with Gasteiger partial charge in [0.1, 0.15) is 11.5 Å². The van der Waals surface area contributed by atoms with E-state index in [9.17, 15) is 9.59 Å². The normalized spacial score (nSPS) is 10.4. The van der Waals surface area contributed by atoms with Gasteiger partial charge in [0, 0.05) is 11.1 Å². The summed E-state index contributed by atoms with van der Waals surface area (Å²) in [6, 6.07) is 11.8. The molecule has 0 aromatic heterocycles. The molecule has 0 unspecified atom stereocenters. The fraction of sp³-hybridized carbons (Fsp3) is 0.263. The number of hydrogen-bond acceptors (Lipinski definition) is 4. The minimum absolute atomic E-state index is 0.0550. The van der Waals surface area contributed by atoms with E-state index in [1.165, 1.54) is 6.92 Å². The van der Waals surface area contributed by atoms with Crippen LogP contribution in [0.1, 0.15) is 41.5 Å². The Morgan fingerprint density at radius 3 is 2.42 bits per heavy atom. The van der Waals surface area contributed by atoms with Crippen LogP contribution in [0, 0.1) is 0 Å². The molecule has 5 heteroatoms. The van der Waals surface area contributed by atoms with Crippen molar-refractivity contribution in [2.75, 3.05) is 12.4 Å². The van der Waals surface area contributed by atoms with E-state index < -0.39 is 0 Å². The first-order chi connectivity index (χ1) is 11.4. The van der Waals surface area contributed by atoms with E-state index in [4.69, 9.17) is 9.47 Å². The third-order valence-electron chi connectivity index (χ3n) is 3.33. The molecule has 0 aliphatic rings.